The van der Waals surface area contributed by atoms with Crippen LogP contribution in [0.4, 0.5) is 4.39 Å². The quantitative estimate of drug-likeness (QED) is 0.846. The minimum Gasteiger partial charge on any atom is -0.354 e. The van der Waals surface area contributed by atoms with Gasteiger partial charge in [-0.3, -0.25) is 9.59 Å². The molecule has 0 aliphatic heterocycles. The number of hydrogen-bond acceptors (Lipinski definition) is 2. The van der Waals surface area contributed by atoms with Crippen LogP contribution in [0.1, 0.15) is 38.1 Å². The summed E-state index contributed by atoms with van der Waals surface area (Å²) in [7, 11) is 0. The van der Waals surface area contributed by atoms with Crippen molar-refractivity contribution >= 4 is 11.8 Å². The molecule has 1 aromatic carbocycles. The maximum atomic E-state index is 12.8. The van der Waals surface area contributed by atoms with Gasteiger partial charge in [0, 0.05) is 12.1 Å². The van der Waals surface area contributed by atoms with Crippen molar-refractivity contribution in [3.8, 4) is 0 Å². The topological polar surface area (TPSA) is 58.2 Å². The van der Waals surface area contributed by atoms with Crippen molar-refractivity contribution in [3.63, 3.8) is 0 Å². The molecule has 0 spiro atoms. The molecular formula is C16H23FN2O2. The lowest BCUT2D eigenvalue weighted by Crippen LogP contribution is -2.50. The van der Waals surface area contributed by atoms with Gasteiger partial charge in [-0.1, -0.05) is 27.7 Å². The number of amides is 2. The Balaban J connectivity index is 2.71. The van der Waals surface area contributed by atoms with Gasteiger partial charge in [0.15, 0.2) is 0 Å². The van der Waals surface area contributed by atoms with Gasteiger partial charge in [0.25, 0.3) is 5.91 Å². The smallest absolute Gasteiger partial charge is 0.251 e. The van der Waals surface area contributed by atoms with Crippen LogP contribution in [-0.2, 0) is 4.79 Å². The first-order valence-electron chi connectivity index (χ1n) is 7.15. The largest absolute Gasteiger partial charge is 0.354 e. The second-order valence-corrected chi connectivity index (χ2v) is 5.84. The minimum atomic E-state index is -0.610. The number of hydrogen-bond donors (Lipinski definition) is 2. The van der Waals surface area contributed by atoms with Crippen molar-refractivity contribution in [1.82, 2.24) is 10.6 Å². The molecule has 1 aromatic rings. The lowest BCUT2D eigenvalue weighted by molar-refractivity contribution is -0.124. The molecular weight excluding hydrogens is 271 g/mol. The molecule has 0 saturated carbocycles. The standard InChI is InChI=1S/C16H23FN2O2/c1-10(2)9-18-16(21)14(11(3)4)19-15(20)12-5-7-13(17)8-6-12/h5-8,10-11,14H,9H2,1-4H3,(H,18,21)(H,19,20)/t14-/m0/s1. The predicted octanol–water partition coefficient (Wildman–Crippen LogP) is 2.35. The highest BCUT2D eigenvalue weighted by Gasteiger charge is 2.24. The fourth-order valence-corrected chi connectivity index (χ4v) is 1.78. The van der Waals surface area contributed by atoms with E-state index in [0.29, 0.717) is 18.0 Å². The predicted molar refractivity (Wildman–Crippen MR) is 80.3 cm³/mol. The molecule has 1 atom stereocenters. The van der Waals surface area contributed by atoms with E-state index in [2.05, 4.69) is 10.6 Å². The molecule has 0 unspecified atom stereocenters. The van der Waals surface area contributed by atoms with Crippen molar-refractivity contribution in [2.75, 3.05) is 6.54 Å². The Labute approximate surface area is 125 Å². The summed E-state index contributed by atoms with van der Waals surface area (Å²) in [4.78, 5) is 24.2. The van der Waals surface area contributed by atoms with Crippen molar-refractivity contribution in [3.05, 3.63) is 35.6 Å². The van der Waals surface area contributed by atoms with Gasteiger partial charge in [-0.2, -0.15) is 0 Å². The molecule has 1 rings (SSSR count). The van der Waals surface area contributed by atoms with E-state index < -0.39 is 11.9 Å². The van der Waals surface area contributed by atoms with Gasteiger partial charge < -0.3 is 10.6 Å². The summed E-state index contributed by atoms with van der Waals surface area (Å²) in [6, 6.07) is 4.62. The molecule has 0 radical (unpaired) electrons. The van der Waals surface area contributed by atoms with Crippen molar-refractivity contribution < 1.29 is 14.0 Å². The zero-order valence-corrected chi connectivity index (χ0v) is 12.9. The Bertz CT molecular complexity index is 484. The number of carbonyl (C=O) groups is 2. The number of nitrogens with one attached hydrogen (secondary N) is 2. The SMILES string of the molecule is CC(C)CNC(=O)[C@@H](NC(=O)c1ccc(F)cc1)C(C)C. The maximum Gasteiger partial charge on any atom is 0.251 e. The Morgan fingerprint density at radius 3 is 2.14 bits per heavy atom. The lowest BCUT2D eigenvalue weighted by atomic mass is 10.0. The number of halogens is 1. The van der Waals surface area contributed by atoms with Crippen LogP contribution in [0.25, 0.3) is 0 Å². The third-order valence-corrected chi connectivity index (χ3v) is 3.03. The van der Waals surface area contributed by atoms with E-state index in [1.165, 1.54) is 24.3 Å². The van der Waals surface area contributed by atoms with Crippen molar-refractivity contribution in [2.24, 2.45) is 11.8 Å². The van der Waals surface area contributed by atoms with Crippen LogP contribution >= 0.6 is 0 Å². The summed E-state index contributed by atoms with van der Waals surface area (Å²) < 4.78 is 12.8. The highest BCUT2D eigenvalue weighted by molar-refractivity contribution is 5.97. The van der Waals surface area contributed by atoms with Crippen LogP contribution in [0.5, 0.6) is 0 Å². The van der Waals surface area contributed by atoms with E-state index in [0.717, 1.165) is 0 Å². The first-order valence-corrected chi connectivity index (χ1v) is 7.15. The average Bonchev–Trinajstić information content (AvgIpc) is 2.42. The van der Waals surface area contributed by atoms with Crippen molar-refractivity contribution in [1.29, 1.82) is 0 Å². The van der Waals surface area contributed by atoms with Crippen LogP contribution in [0.15, 0.2) is 24.3 Å². The zero-order valence-electron chi connectivity index (χ0n) is 12.9. The van der Waals surface area contributed by atoms with Gasteiger partial charge in [0.2, 0.25) is 5.91 Å². The first kappa shape index (κ1) is 17.1. The third kappa shape index (κ3) is 5.53. The van der Waals surface area contributed by atoms with Gasteiger partial charge >= 0.3 is 0 Å². The van der Waals surface area contributed by atoms with Gasteiger partial charge in [-0.25, -0.2) is 4.39 Å². The molecule has 116 valence electrons. The summed E-state index contributed by atoms with van der Waals surface area (Å²) in [5.41, 5.74) is 0.332. The van der Waals surface area contributed by atoms with E-state index in [1.807, 2.05) is 27.7 Å². The fraction of sp³-hybridized carbons (Fsp3) is 0.500. The average molecular weight is 294 g/mol. The van der Waals surface area contributed by atoms with Gasteiger partial charge in [0.1, 0.15) is 11.9 Å². The Morgan fingerprint density at radius 1 is 1.10 bits per heavy atom. The van der Waals surface area contributed by atoms with E-state index in [4.69, 9.17) is 0 Å². The molecule has 21 heavy (non-hydrogen) atoms. The molecule has 0 saturated heterocycles. The molecule has 2 N–H and O–H groups in total. The molecule has 0 aromatic heterocycles. The fourth-order valence-electron chi connectivity index (χ4n) is 1.78. The molecule has 5 heteroatoms. The Hall–Kier alpha value is -1.91. The zero-order chi connectivity index (χ0) is 16.0. The van der Waals surface area contributed by atoms with Crippen LogP contribution in [0.3, 0.4) is 0 Å². The molecule has 4 nitrogen and oxygen atoms in total. The van der Waals surface area contributed by atoms with E-state index in [9.17, 15) is 14.0 Å². The van der Waals surface area contributed by atoms with Crippen molar-refractivity contribution in [2.45, 2.75) is 33.7 Å². The Morgan fingerprint density at radius 2 is 1.67 bits per heavy atom. The lowest BCUT2D eigenvalue weighted by Gasteiger charge is -2.22. The first-order chi connectivity index (χ1) is 9.81. The van der Waals surface area contributed by atoms with Gasteiger partial charge in [-0.05, 0) is 36.1 Å². The van der Waals surface area contributed by atoms with Crippen LogP contribution in [0.2, 0.25) is 0 Å². The molecule has 2 amide bonds. The summed E-state index contributed by atoms with van der Waals surface area (Å²) in [5, 5.41) is 5.52. The number of rotatable bonds is 6. The summed E-state index contributed by atoms with van der Waals surface area (Å²) in [6.45, 7) is 8.30. The highest BCUT2D eigenvalue weighted by Crippen LogP contribution is 2.07. The van der Waals surface area contributed by atoms with Gasteiger partial charge in [-0.15, -0.1) is 0 Å². The monoisotopic (exact) mass is 294 g/mol. The van der Waals surface area contributed by atoms with Crippen LogP contribution in [-0.4, -0.2) is 24.4 Å². The molecule has 0 aliphatic carbocycles. The summed E-state index contributed by atoms with van der Waals surface area (Å²) in [6.07, 6.45) is 0. The van der Waals surface area contributed by atoms with E-state index in [-0.39, 0.29) is 17.7 Å². The second-order valence-electron chi connectivity index (χ2n) is 5.84. The molecule has 0 fully saturated rings. The third-order valence-electron chi connectivity index (χ3n) is 3.03. The molecule has 0 bridgehead atoms. The van der Waals surface area contributed by atoms with Gasteiger partial charge in [0.05, 0.1) is 0 Å². The second kappa shape index (κ2) is 7.76. The number of carbonyl (C=O) groups excluding carboxylic acids is 2. The van der Waals surface area contributed by atoms with Crippen LogP contribution in [0, 0.1) is 17.7 Å². The van der Waals surface area contributed by atoms with Crippen LogP contribution < -0.4 is 10.6 Å². The minimum absolute atomic E-state index is 0.0402. The normalized spacial score (nSPS) is 12.3. The Kier molecular flexibility index (Phi) is 6.34. The van der Waals surface area contributed by atoms with E-state index in [1.54, 1.807) is 0 Å². The molecule has 0 heterocycles. The summed E-state index contributed by atoms with van der Waals surface area (Å²) >= 11 is 0. The summed E-state index contributed by atoms with van der Waals surface area (Å²) in [5.74, 6) is -0.680. The van der Waals surface area contributed by atoms with E-state index >= 15 is 0 Å². The maximum absolute atomic E-state index is 12.8. The molecule has 0 aliphatic rings. The number of benzene rings is 1. The highest BCUT2D eigenvalue weighted by atomic mass is 19.1.